The summed E-state index contributed by atoms with van der Waals surface area (Å²) in [7, 11) is 0. The van der Waals surface area contributed by atoms with E-state index in [1.54, 1.807) is 11.8 Å². The Bertz CT molecular complexity index is 444. The SMILES string of the molecule is CSC1(CNC(=O)C2C3C=CC(C3)C2C(=O)O)CC1. The fourth-order valence-corrected chi connectivity index (χ4v) is 4.20. The number of amides is 1. The van der Waals surface area contributed by atoms with Gasteiger partial charge in [-0.1, -0.05) is 12.2 Å². The number of nitrogens with one attached hydrogen (secondary N) is 1. The Balaban J connectivity index is 1.65. The predicted octanol–water partition coefficient (Wildman–Crippen LogP) is 1.52. The molecule has 2 bridgehead atoms. The first-order valence-electron chi connectivity index (χ1n) is 6.80. The molecule has 0 heterocycles. The Morgan fingerprint density at radius 3 is 2.47 bits per heavy atom. The summed E-state index contributed by atoms with van der Waals surface area (Å²) >= 11 is 1.80. The molecule has 1 amide bonds. The largest absolute Gasteiger partial charge is 0.481 e. The fraction of sp³-hybridized carbons (Fsp3) is 0.714. The van der Waals surface area contributed by atoms with Crippen LogP contribution in [0.15, 0.2) is 12.2 Å². The van der Waals surface area contributed by atoms with Gasteiger partial charge in [0.1, 0.15) is 0 Å². The molecule has 2 N–H and O–H groups in total. The van der Waals surface area contributed by atoms with Gasteiger partial charge in [-0.3, -0.25) is 9.59 Å². The number of rotatable bonds is 5. The molecule has 3 aliphatic rings. The molecule has 2 fully saturated rings. The zero-order chi connectivity index (χ0) is 13.6. The fourth-order valence-electron chi connectivity index (χ4n) is 3.47. The Labute approximate surface area is 117 Å². The molecule has 0 saturated heterocycles. The van der Waals surface area contributed by atoms with E-state index in [1.807, 2.05) is 12.2 Å². The molecule has 19 heavy (non-hydrogen) atoms. The molecule has 3 rings (SSSR count). The third kappa shape index (κ3) is 2.18. The lowest BCUT2D eigenvalue weighted by Gasteiger charge is -2.24. The number of allylic oxidation sites excluding steroid dienone is 2. The number of carboxylic acid groups (broad SMARTS) is 1. The molecule has 2 saturated carbocycles. The highest BCUT2D eigenvalue weighted by atomic mass is 32.2. The molecule has 0 radical (unpaired) electrons. The van der Waals surface area contributed by atoms with E-state index in [4.69, 9.17) is 0 Å². The summed E-state index contributed by atoms with van der Waals surface area (Å²) in [5.41, 5.74) is 0. The average Bonchev–Trinajstić information content (AvgIpc) is 2.88. The lowest BCUT2D eigenvalue weighted by Crippen LogP contribution is -2.42. The van der Waals surface area contributed by atoms with E-state index in [9.17, 15) is 14.7 Å². The van der Waals surface area contributed by atoms with Crippen molar-refractivity contribution in [3.63, 3.8) is 0 Å². The maximum absolute atomic E-state index is 12.3. The molecule has 104 valence electrons. The number of carbonyl (C=O) groups is 2. The van der Waals surface area contributed by atoms with E-state index in [2.05, 4.69) is 11.6 Å². The topological polar surface area (TPSA) is 66.4 Å². The molecular formula is C14H19NO3S. The average molecular weight is 281 g/mol. The van der Waals surface area contributed by atoms with Crippen LogP contribution in [0.5, 0.6) is 0 Å². The Morgan fingerprint density at radius 2 is 1.95 bits per heavy atom. The smallest absolute Gasteiger partial charge is 0.307 e. The van der Waals surface area contributed by atoms with Crippen LogP contribution in [-0.2, 0) is 9.59 Å². The molecule has 0 aromatic carbocycles. The normalized spacial score (nSPS) is 37.3. The first-order chi connectivity index (χ1) is 9.06. The second-order valence-corrected chi connectivity index (χ2v) is 7.22. The van der Waals surface area contributed by atoms with Crippen molar-refractivity contribution < 1.29 is 14.7 Å². The molecule has 0 spiro atoms. The number of hydrogen-bond acceptors (Lipinski definition) is 3. The van der Waals surface area contributed by atoms with Gasteiger partial charge in [0.2, 0.25) is 5.91 Å². The highest BCUT2D eigenvalue weighted by Gasteiger charge is 2.52. The highest BCUT2D eigenvalue weighted by molar-refractivity contribution is 8.00. The maximum atomic E-state index is 12.3. The minimum Gasteiger partial charge on any atom is -0.481 e. The van der Waals surface area contributed by atoms with E-state index in [-0.39, 0.29) is 28.4 Å². The summed E-state index contributed by atoms with van der Waals surface area (Å²) < 4.78 is 0.224. The summed E-state index contributed by atoms with van der Waals surface area (Å²) in [6, 6.07) is 0. The van der Waals surface area contributed by atoms with Crippen molar-refractivity contribution in [2.75, 3.05) is 12.8 Å². The van der Waals surface area contributed by atoms with E-state index in [1.165, 1.54) is 0 Å². The first kappa shape index (κ1) is 13.0. The lowest BCUT2D eigenvalue weighted by molar-refractivity contribution is -0.147. The van der Waals surface area contributed by atoms with Crippen LogP contribution < -0.4 is 5.32 Å². The summed E-state index contributed by atoms with van der Waals surface area (Å²) in [4.78, 5) is 23.7. The van der Waals surface area contributed by atoms with Crippen LogP contribution in [0.4, 0.5) is 0 Å². The molecule has 5 heteroatoms. The molecule has 0 aliphatic heterocycles. The third-order valence-electron chi connectivity index (χ3n) is 4.87. The van der Waals surface area contributed by atoms with Crippen LogP contribution in [-0.4, -0.2) is 34.5 Å². The minimum absolute atomic E-state index is 0.0497. The molecular weight excluding hydrogens is 262 g/mol. The molecule has 4 unspecified atom stereocenters. The van der Waals surface area contributed by atoms with Gasteiger partial charge in [0.05, 0.1) is 11.8 Å². The number of aliphatic carboxylic acids is 1. The van der Waals surface area contributed by atoms with Crippen LogP contribution in [0.1, 0.15) is 19.3 Å². The van der Waals surface area contributed by atoms with Gasteiger partial charge in [-0.2, -0.15) is 11.8 Å². The highest BCUT2D eigenvalue weighted by Crippen LogP contribution is 2.49. The zero-order valence-corrected chi connectivity index (χ0v) is 11.8. The van der Waals surface area contributed by atoms with Crippen LogP contribution in [0, 0.1) is 23.7 Å². The van der Waals surface area contributed by atoms with Crippen molar-refractivity contribution in [2.45, 2.75) is 24.0 Å². The number of carbonyl (C=O) groups excluding carboxylic acids is 1. The van der Waals surface area contributed by atoms with Crippen LogP contribution >= 0.6 is 11.8 Å². The Kier molecular flexibility index (Phi) is 3.12. The standard InChI is InChI=1S/C14H19NO3S/c1-19-14(4-5-14)7-15-12(16)10-8-2-3-9(6-8)11(10)13(17)18/h2-3,8-11H,4-7H2,1H3,(H,15,16)(H,17,18). The van der Waals surface area contributed by atoms with E-state index in [0.29, 0.717) is 6.54 Å². The van der Waals surface area contributed by atoms with Gasteiger partial charge in [-0.25, -0.2) is 0 Å². The van der Waals surface area contributed by atoms with Crippen molar-refractivity contribution in [3.8, 4) is 0 Å². The van der Waals surface area contributed by atoms with Gasteiger partial charge < -0.3 is 10.4 Å². The van der Waals surface area contributed by atoms with Gasteiger partial charge in [0.25, 0.3) is 0 Å². The zero-order valence-electron chi connectivity index (χ0n) is 11.0. The summed E-state index contributed by atoms with van der Waals surface area (Å²) in [5, 5.41) is 12.3. The van der Waals surface area contributed by atoms with Gasteiger partial charge in [-0.05, 0) is 37.4 Å². The molecule has 3 aliphatic carbocycles. The monoisotopic (exact) mass is 281 g/mol. The number of carboxylic acids is 1. The number of thioether (sulfide) groups is 1. The predicted molar refractivity (Wildman–Crippen MR) is 73.8 cm³/mol. The Hall–Kier alpha value is -0.970. The number of fused-ring (bicyclic) bond motifs is 2. The summed E-state index contributed by atoms with van der Waals surface area (Å²) in [6.07, 6.45) is 9.18. The summed E-state index contributed by atoms with van der Waals surface area (Å²) in [5.74, 6) is -1.62. The van der Waals surface area contributed by atoms with Crippen molar-refractivity contribution >= 4 is 23.6 Å². The van der Waals surface area contributed by atoms with E-state index >= 15 is 0 Å². The Morgan fingerprint density at radius 1 is 1.32 bits per heavy atom. The van der Waals surface area contributed by atoms with Gasteiger partial charge >= 0.3 is 5.97 Å². The first-order valence-corrected chi connectivity index (χ1v) is 8.03. The maximum Gasteiger partial charge on any atom is 0.307 e. The van der Waals surface area contributed by atoms with Crippen molar-refractivity contribution in [2.24, 2.45) is 23.7 Å². The van der Waals surface area contributed by atoms with Gasteiger partial charge in [0.15, 0.2) is 0 Å². The quantitative estimate of drug-likeness (QED) is 0.750. The van der Waals surface area contributed by atoms with Crippen LogP contribution in [0.25, 0.3) is 0 Å². The van der Waals surface area contributed by atoms with Crippen LogP contribution in [0.3, 0.4) is 0 Å². The minimum atomic E-state index is -0.831. The third-order valence-corrected chi connectivity index (χ3v) is 6.29. The molecule has 0 aromatic rings. The molecule has 4 nitrogen and oxygen atoms in total. The lowest BCUT2D eigenvalue weighted by atomic mass is 9.82. The van der Waals surface area contributed by atoms with Crippen molar-refractivity contribution in [1.29, 1.82) is 0 Å². The number of hydrogen-bond donors (Lipinski definition) is 2. The second-order valence-electron chi connectivity index (χ2n) is 5.94. The van der Waals surface area contributed by atoms with Gasteiger partial charge in [-0.15, -0.1) is 0 Å². The second kappa shape index (κ2) is 4.54. The molecule has 0 aromatic heterocycles. The van der Waals surface area contributed by atoms with E-state index in [0.717, 1.165) is 19.3 Å². The van der Waals surface area contributed by atoms with Crippen LogP contribution in [0.2, 0.25) is 0 Å². The van der Waals surface area contributed by atoms with Gasteiger partial charge in [0, 0.05) is 11.3 Å². The van der Waals surface area contributed by atoms with Crippen molar-refractivity contribution in [3.05, 3.63) is 12.2 Å². The molecule has 4 atom stereocenters. The van der Waals surface area contributed by atoms with E-state index < -0.39 is 11.9 Å². The van der Waals surface area contributed by atoms with Crippen molar-refractivity contribution in [1.82, 2.24) is 5.32 Å². The summed E-state index contributed by atoms with van der Waals surface area (Å²) in [6.45, 7) is 0.678.